The maximum absolute atomic E-state index is 8.79. The van der Waals surface area contributed by atoms with E-state index in [0.717, 1.165) is 19.0 Å². The van der Waals surface area contributed by atoms with Gasteiger partial charge in [-0.1, -0.05) is 12.5 Å². The lowest BCUT2D eigenvalue weighted by atomic mass is 9.90. The normalized spacial score (nSPS) is 19.9. The number of aliphatic hydroxyl groups is 1. The zero-order valence-electron chi connectivity index (χ0n) is 8.58. The molecule has 76 valence electrons. The summed E-state index contributed by atoms with van der Waals surface area (Å²) in [5.74, 6) is 0. The van der Waals surface area contributed by atoms with Crippen LogP contribution in [-0.2, 0) is 0 Å². The molecule has 1 fully saturated rings. The average Bonchev–Trinajstić information content (AvgIpc) is 2.07. The quantitative estimate of drug-likeness (QED) is 0.635. The lowest BCUT2D eigenvalue weighted by Crippen LogP contribution is -2.45. The Morgan fingerprint density at radius 2 is 2.31 bits per heavy atom. The number of hydrogen-bond acceptors (Lipinski definition) is 2. The maximum atomic E-state index is 8.79. The molecule has 1 aliphatic rings. The predicted molar refractivity (Wildman–Crippen MR) is 55.7 cm³/mol. The van der Waals surface area contributed by atoms with E-state index < -0.39 is 0 Å². The van der Waals surface area contributed by atoms with Gasteiger partial charge in [0.05, 0.1) is 0 Å². The molecule has 0 radical (unpaired) electrons. The van der Waals surface area contributed by atoms with Crippen LogP contribution in [0.5, 0.6) is 0 Å². The molecule has 0 aliphatic heterocycles. The van der Waals surface area contributed by atoms with Gasteiger partial charge >= 0.3 is 0 Å². The van der Waals surface area contributed by atoms with Crippen LogP contribution in [0.1, 0.15) is 32.6 Å². The summed E-state index contributed by atoms with van der Waals surface area (Å²) in [6.45, 7) is 7.32. The molecule has 13 heavy (non-hydrogen) atoms. The van der Waals surface area contributed by atoms with Gasteiger partial charge in [0.15, 0.2) is 0 Å². The molecule has 0 aromatic carbocycles. The van der Waals surface area contributed by atoms with Crippen LogP contribution in [0.25, 0.3) is 0 Å². The minimum Gasteiger partial charge on any atom is -0.396 e. The molecule has 1 atom stereocenters. The third-order valence-electron chi connectivity index (χ3n) is 2.98. The maximum Gasteiger partial charge on any atom is 0.0443 e. The van der Waals surface area contributed by atoms with Gasteiger partial charge in [0.25, 0.3) is 0 Å². The largest absolute Gasteiger partial charge is 0.396 e. The van der Waals surface area contributed by atoms with Gasteiger partial charge in [-0.25, -0.2) is 0 Å². The molecule has 1 rings (SSSR count). The van der Waals surface area contributed by atoms with E-state index in [-0.39, 0.29) is 0 Å². The Hall–Kier alpha value is -0.340. The topological polar surface area (TPSA) is 23.5 Å². The minimum absolute atomic E-state index is 0.299. The summed E-state index contributed by atoms with van der Waals surface area (Å²) in [6, 6.07) is 1.20. The van der Waals surface area contributed by atoms with Crippen molar-refractivity contribution in [3.05, 3.63) is 12.7 Å². The lowest BCUT2D eigenvalue weighted by molar-refractivity contribution is 0.0969. The van der Waals surface area contributed by atoms with Crippen molar-refractivity contribution in [2.75, 3.05) is 13.2 Å². The standard InChI is InChI=1S/C11H21NO/c1-3-10(2)12(8-5-9-13)11-6-4-7-11/h3,10-11,13H,1,4-9H2,2H3. The number of hydrogen-bond donors (Lipinski definition) is 1. The van der Waals surface area contributed by atoms with Gasteiger partial charge in [0, 0.05) is 25.2 Å². The number of nitrogens with zero attached hydrogens (tertiary/aromatic N) is 1. The summed E-state index contributed by atoms with van der Waals surface area (Å²) in [4.78, 5) is 2.46. The minimum atomic E-state index is 0.299. The molecule has 0 saturated heterocycles. The molecule has 1 unspecified atom stereocenters. The van der Waals surface area contributed by atoms with Gasteiger partial charge in [0.1, 0.15) is 0 Å². The molecular formula is C11H21NO. The molecular weight excluding hydrogens is 162 g/mol. The van der Waals surface area contributed by atoms with Crippen LogP contribution in [0.4, 0.5) is 0 Å². The molecule has 2 nitrogen and oxygen atoms in total. The molecule has 0 amide bonds. The van der Waals surface area contributed by atoms with Gasteiger partial charge in [-0.2, -0.15) is 0 Å². The summed E-state index contributed by atoms with van der Waals surface area (Å²) in [6.07, 6.45) is 6.89. The Kier molecular flexibility index (Phi) is 4.46. The second kappa shape index (κ2) is 5.40. The van der Waals surface area contributed by atoms with Gasteiger partial charge in [-0.05, 0) is 26.2 Å². The van der Waals surface area contributed by atoms with Crippen LogP contribution in [0, 0.1) is 0 Å². The summed E-state index contributed by atoms with van der Waals surface area (Å²) in [5, 5.41) is 8.79. The highest BCUT2D eigenvalue weighted by molar-refractivity contribution is 4.90. The summed E-state index contributed by atoms with van der Waals surface area (Å²) >= 11 is 0. The van der Waals surface area contributed by atoms with Gasteiger partial charge in [0.2, 0.25) is 0 Å². The second-order valence-corrected chi connectivity index (χ2v) is 3.88. The second-order valence-electron chi connectivity index (χ2n) is 3.88. The fourth-order valence-electron chi connectivity index (χ4n) is 1.83. The molecule has 0 aromatic rings. The molecule has 1 aliphatic carbocycles. The van der Waals surface area contributed by atoms with Gasteiger partial charge in [-0.3, -0.25) is 4.90 Å². The average molecular weight is 183 g/mol. The monoisotopic (exact) mass is 183 g/mol. The zero-order chi connectivity index (χ0) is 9.68. The Bertz CT molecular complexity index is 154. The van der Waals surface area contributed by atoms with Crippen LogP contribution in [-0.4, -0.2) is 35.2 Å². The molecule has 0 bridgehead atoms. The number of rotatable bonds is 6. The smallest absolute Gasteiger partial charge is 0.0443 e. The SMILES string of the molecule is C=CC(C)N(CCCO)C1CCC1. The first-order valence-corrected chi connectivity index (χ1v) is 5.28. The van der Waals surface area contributed by atoms with Crippen LogP contribution in [0.15, 0.2) is 12.7 Å². The Morgan fingerprint density at radius 1 is 1.62 bits per heavy atom. The molecule has 0 aromatic heterocycles. The Labute approximate surface area is 81.2 Å². The third kappa shape index (κ3) is 2.82. The van der Waals surface area contributed by atoms with Crippen molar-refractivity contribution in [3.8, 4) is 0 Å². The molecule has 1 saturated carbocycles. The van der Waals surface area contributed by atoms with Crippen LogP contribution in [0.2, 0.25) is 0 Å². The van der Waals surface area contributed by atoms with Crippen LogP contribution >= 0.6 is 0 Å². The van der Waals surface area contributed by atoms with Crippen molar-refractivity contribution in [2.45, 2.75) is 44.7 Å². The van der Waals surface area contributed by atoms with Crippen LogP contribution < -0.4 is 0 Å². The van der Waals surface area contributed by atoms with Crippen molar-refractivity contribution in [2.24, 2.45) is 0 Å². The first-order valence-electron chi connectivity index (χ1n) is 5.28. The van der Waals surface area contributed by atoms with E-state index in [0.29, 0.717) is 12.6 Å². The van der Waals surface area contributed by atoms with Crippen LogP contribution in [0.3, 0.4) is 0 Å². The summed E-state index contributed by atoms with van der Waals surface area (Å²) in [7, 11) is 0. The van der Waals surface area contributed by atoms with Gasteiger partial charge < -0.3 is 5.11 Å². The van der Waals surface area contributed by atoms with Crippen molar-refractivity contribution < 1.29 is 5.11 Å². The van der Waals surface area contributed by atoms with E-state index in [1.165, 1.54) is 19.3 Å². The highest BCUT2D eigenvalue weighted by Gasteiger charge is 2.26. The molecule has 0 spiro atoms. The van der Waals surface area contributed by atoms with E-state index in [4.69, 9.17) is 5.11 Å². The van der Waals surface area contributed by atoms with Crippen molar-refractivity contribution in [1.29, 1.82) is 0 Å². The molecule has 2 heteroatoms. The van der Waals surface area contributed by atoms with Crippen molar-refractivity contribution >= 4 is 0 Å². The van der Waals surface area contributed by atoms with E-state index in [1.54, 1.807) is 0 Å². The Balaban J connectivity index is 2.37. The van der Waals surface area contributed by atoms with E-state index >= 15 is 0 Å². The van der Waals surface area contributed by atoms with E-state index in [1.807, 2.05) is 6.08 Å². The van der Waals surface area contributed by atoms with E-state index in [9.17, 15) is 0 Å². The first-order chi connectivity index (χ1) is 6.29. The highest BCUT2D eigenvalue weighted by atomic mass is 16.3. The fourth-order valence-corrected chi connectivity index (χ4v) is 1.83. The lowest BCUT2D eigenvalue weighted by Gasteiger charge is -2.40. The highest BCUT2D eigenvalue weighted by Crippen LogP contribution is 2.26. The Morgan fingerprint density at radius 3 is 2.69 bits per heavy atom. The summed E-state index contributed by atoms with van der Waals surface area (Å²) in [5.41, 5.74) is 0. The van der Waals surface area contributed by atoms with Crippen molar-refractivity contribution in [3.63, 3.8) is 0 Å². The van der Waals surface area contributed by atoms with Gasteiger partial charge in [-0.15, -0.1) is 6.58 Å². The molecule has 1 N–H and O–H groups in total. The fraction of sp³-hybridized carbons (Fsp3) is 0.818. The molecule has 0 heterocycles. The zero-order valence-corrected chi connectivity index (χ0v) is 8.58. The third-order valence-corrected chi connectivity index (χ3v) is 2.98. The van der Waals surface area contributed by atoms with E-state index in [2.05, 4.69) is 18.4 Å². The predicted octanol–water partition coefficient (Wildman–Crippen LogP) is 1.80. The number of aliphatic hydroxyl groups excluding tert-OH is 1. The van der Waals surface area contributed by atoms with Crippen molar-refractivity contribution in [1.82, 2.24) is 4.90 Å². The summed E-state index contributed by atoms with van der Waals surface area (Å²) < 4.78 is 0. The first kappa shape index (κ1) is 10.7.